The summed E-state index contributed by atoms with van der Waals surface area (Å²) in [5.41, 5.74) is 0.893. The van der Waals surface area contributed by atoms with Gasteiger partial charge in [0.05, 0.1) is 12.2 Å². The molecule has 0 unspecified atom stereocenters. The molecule has 0 aromatic rings. The van der Waals surface area contributed by atoms with Crippen LogP contribution in [0.2, 0.25) is 0 Å². The lowest BCUT2D eigenvalue weighted by Crippen LogP contribution is -2.67. The van der Waals surface area contributed by atoms with Crippen molar-refractivity contribution >= 4 is 11.9 Å². The van der Waals surface area contributed by atoms with Crippen LogP contribution in [-0.2, 0) is 14.3 Å². The van der Waals surface area contributed by atoms with E-state index in [4.69, 9.17) is 9.84 Å². The van der Waals surface area contributed by atoms with E-state index >= 15 is 0 Å². The molecule has 4 aliphatic carbocycles. The summed E-state index contributed by atoms with van der Waals surface area (Å²) < 4.78 is 5.88. The van der Waals surface area contributed by atoms with Crippen molar-refractivity contribution in [3.8, 4) is 0 Å². The highest BCUT2D eigenvalue weighted by atomic mass is 16.5. The average molecular weight is 503 g/mol. The Morgan fingerprint density at radius 2 is 1.89 bits per heavy atom. The van der Waals surface area contributed by atoms with Crippen LogP contribution in [0.4, 0.5) is 0 Å². The number of rotatable bonds is 5. The SMILES string of the molecule is C/C(=C\CCC1=C2[C@H](C[C@@]3(C)[C@H]2C[C@@H](O)[C@H]2[C@@]4(C)CC[C@@H](O)[C@@H](C)[C@@H]4CC[C@@]23CO)OC1=O)C(=O)O. The van der Waals surface area contributed by atoms with Crippen LogP contribution >= 0.6 is 0 Å². The summed E-state index contributed by atoms with van der Waals surface area (Å²) in [6.45, 7) is 8.19. The van der Waals surface area contributed by atoms with E-state index in [1.54, 1.807) is 13.0 Å². The number of hydrogen-bond donors (Lipinski definition) is 4. The van der Waals surface area contributed by atoms with Crippen LogP contribution in [0, 0.1) is 39.9 Å². The second-order valence-electron chi connectivity index (χ2n) is 12.9. The average Bonchev–Trinajstić information content (AvgIpc) is 3.27. The Labute approximate surface area is 213 Å². The molecule has 5 aliphatic rings. The lowest BCUT2D eigenvalue weighted by Gasteiger charge is -2.69. The molecule has 0 amide bonds. The Bertz CT molecular complexity index is 1020. The second kappa shape index (κ2) is 8.67. The van der Waals surface area contributed by atoms with Crippen LogP contribution in [-0.4, -0.2) is 57.3 Å². The predicted molar refractivity (Wildman–Crippen MR) is 133 cm³/mol. The number of carboxylic acid groups (broad SMARTS) is 1. The minimum atomic E-state index is -0.965. The Balaban J connectivity index is 1.53. The number of carboxylic acids is 1. The van der Waals surface area contributed by atoms with Crippen molar-refractivity contribution in [2.45, 2.75) is 97.4 Å². The fourth-order valence-electron chi connectivity index (χ4n) is 9.88. The lowest BCUT2D eigenvalue weighted by atomic mass is 9.36. The van der Waals surface area contributed by atoms with Gasteiger partial charge in [-0.05, 0) is 98.4 Å². The molecular weight excluding hydrogens is 460 g/mol. The van der Waals surface area contributed by atoms with Crippen LogP contribution in [0.5, 0.6) is 0 Å². The van der Waals surface area contributed by atoms with E-state index in [9.17, 15) is 24.9 Å². The molecule has 0 bridgehead atoms. The van der Waals surface area contributed by atoms with Gasteiger partial charge in [-0.15, -0.1) is 0 Å². The summed E-state index contributed by atoms with van der Waals surface area (Å²) in [6.07, 6.45) is 5.70. The Kier molecular flexibility index (Phi) is 6.24. The quantitative estimate of drug-likeness (QED) is 0.334. The van der Waals surface area contributed by atoms with Crippen LogP contribution in [0.15, 0.2) is 22.8 Å². The largest absolute Gasteiger partial charge is 0.478 e. The molecule has 0 saturated heterocycles. The summed E-state index contributed by atoms with van der Waals surface area (Å²) in [7, 11) is 0. The van der Waals surface area contributed by atoms with Gasteiger partial charge < -0.3 is 25.2 Å². The smallest absolute Gasteiger partial charge is 0.334 e. The topological polar surface area (TPSA) is 124 Å². The van der Waals surface area contributed by atoms with E-state index in [1.807, 2.05) is 0 Å². The number of ether oxygens (including phenoxy) is 1. The molecule has 0 radical (unpaired) electrons. The van der Waals surface area contributed by atoms with Crippen LogP contribution in [0.3, 0.4) is 0 Å². The number of hydrogen-bond acceptors (Lipinski definition) is 6. The van der Waals surface area contributed by atoms with Gasteiger partial charge in [0.25, 0.3) is 0 Å². The number of carbonyl (C=O) groups is 2. The zero-order chi connectivity index (χ0) is 26.2. The monoisotopic (exact) mass is 502 g/mol. The maximum Gasteiger partial charge on any atom is 0.334 e. The summed E-state index contributed by atoms with van der Waals surface area (Å²) >= 11 is 0. The van der Waals surface area contributed by atoms with Crippen molar-refractivity contribution in [1.82, 2.24) is 0 Å². The first-order valence-corrected chi connectivity index (χ1v) is 13.7. The molecule has 5 rings (SSSR count). The first-order valence-electron chi connectivity index (χ1n) is 13.7. The fraction of sp³-hybridized carbons (Fsp3) is 0.793. The number of aliphatic hydroxyl groups excluding tert-OH is 3. The molecule has 7 heteroatoms. The van der Waals surface area contributed by atoms with Crippen molar-refractivity contribution in [2.24, 2.45) is 39.9 Å². The molecule has 200 valence electrons. The maximum absolute atomic E-state index is 12.8. The third-order valence-electron chi connectivity index (χ3n) is 11.7. The molecule has 0 aromatic heterocycles. The van der Waals surface area contributed by atoms with Gasteiger partial charge >= 0.3 is 11.9 Å². The molecule has 7 nitrogen and oxygen atoms in total. The number of allylic oxidation sites excluding steroid dienone is 1. The molecule has 4 fully saturated rings. The van der Waals surface area contributed by atoms with Gasteiger partial charge in [-0.2, -0.15) is 0 Å². The number of carbonyl (C=O) groups excluding carboxylic acids is 1. The van der Waals surface area contributed by atoms with E-state index in [0.717, 1.165) is 31.3 Å². The van der Waals surface area contributed by atoms with E-state index in [-0.39, 0.29) is 58.9 Å². The highest BCUT2D eigenvalue weighted by molar-refractivity contribution is 5.93. The molecule has 4 N–H and O–H groups in total. The zero-order valence-corrected chi connectivity index (χ0v) is 22.0. The molecular formula is C29H42O7. The van der Waals surface area contributed by atoms with E-state index < -0.39 is 17.5 Å². The maximum atomic E-state index is 12.8. The van der Waals surface area contributed by atoms with E-state index in [0.29, 0.717) is 37.2 Å². The first kappa shape index (κ1) is 25.9. The number of aliphatic hydroxyl groups is 3. The normalized spacial score (nSPS) is 48.1. The van der Waals surface area contributed by atoms with E-state index in [2.05, 4.69) is 20.8 Å². The van der Waals surface area contributed by atoms with Gasteiger partial charge in [0.2, 0.25) is 0 Å². The summed E-state index contributed by atoms with van der Waals surface area (Å²) in [4.78, 5) is 24.0. The van der Waals surface area contributed by atoms with Gasteiger partial charge in [-0.25, -0.2) is 9.59 Å². The Morgan fingerprint density at radius 1 is 1.17 bits per heavy atom. The molecule has 36 heavy (non-hydrogen) atoms. The van der Waals surface area contributed by atoms with Crippen molar-refractivity contribution in [3.63, 3.8) is 0 Å². The second-order valence-corrected chi connectivity index (χ2v) is 12.9. The number of aliphatic carboxylic acids is 1. The van der Waals surface area contributed by atoms with Crippen LogP contribution in [0.25, 0.3) is 0 Å². The predicted octanol–water partition coefficient (Wildman–Crippen LogP) is 3.61. The van der Waals surface area contributed by atoms with Crippen molar-refractivity contribution in [1.29, 1.82) is 0 Å². The van der Waals surface area contributed by atoms with Gasteiger partial charge in [-0.3, -0.25) is 0 Å². The number of esters is 1. The summed E-state index contributed by atoms with van der Waals surface area (Å²) in [6, 6.07) is 0. The zero-order valence-electron chi connectivity index (χ0n) is 22.0. The standard InChI is InChI=1S/C29H42O7/c1-15(25(33)34)6-5-7-17-23-19-12-21(32)24-27(3)10-9-20(31)16(2)18(27)8-11-29(24,14-30)28(19,4)13-22(23)36-26(17)35/h6,16,18-22,24,30-32H,5,7-14H2,1-4H3,(H,33,34)/b15-6+/t16-,18-,19-,20+,21+,22-,24-,27-,28-,29+/m0/s1. The van der Waals surface area contributed by atoms with Gasteiger partial charge in [0.1, 0.15) is 6.10 Å². The minimum absolute atomic E-state index is 0.00913. The van der Waals surface area contributed by atoms with Gasteiger partial charge in [-0.1, -0.05) is 26.8 Å². The summed E-state index contributed by atoms with van der Waals surface area (Å²) in [5, 5.41) is 42.7. The lowest BCUT2D eigenvalue weighted by molar-refractivity contribution is -0.252. The molecule has 1 aliphatic heterocycles. The third-order valence-corrected chi connectivity index (χ3v) is 11.7. The highest BCUT2D eigenvalue weighted by Gasteiger charge is 2.72. The van der Waals surface area contributed by atoms with Crippen LogP contribution in [0.1, 0.15) is 79.1 Å². The fourth-order valence-corrected chi connectivity index (χ4v) is 9.88. The molecule has 0 spiro atoms. The molecule has 0 aromatic carbocycles. The van der Waals surface area contributed by atoms with E-state index in [1.165, 1.54) is 0 Å². The van der Waals surface area contributed by atoms with Crippen molar-refractivity contribution < 1.29 is 34.8 Å². The number of fused-ring (bicyclic) bond motifs is 7. The summed E-state index contributed by atoms with van der Waals surface area (Å²) in [5.74, 6) is -0.952. The highest BCUT2D eigenvalue weighted by Crippen LogP contribution is 2.74. The van der Waals surface area contributed by atoms with Crippen molar-refractivity contribution in [3.05, 3.63) is 22.8 Å². The van der Waals surface area contributed by atoms with Gasteiger partial charge in [0.15, 0.2) is 0 Å². The Hall–Kier alpha value is -1.70. The van der Waals surface area contributed by atoms with Crippen LogP contribution < -0.4 is 0 Å². The third kappa shape index (κ3) is 3.34. The molecule has 4 saturated carbocycles. The molecule has 10 atom stereocenters. The van der Waals surface area contributed by atoms with Crippen molar-refractivity contribution in [2.75, 3.05) is 6.61 Å². The minimum Gasteiger partial charge on any atom is -0.478 e. The Morgan fingerprint density at radius 3 is 2.56 bits per heavy atom. The molecule has 1 heterocycles. The van der Waals surface area contributed by atoms with Gasteiger partial charge in [0, 0.05) is 23.2 Å². The first-order chi connectivity index (χ1) is 16.9.